The van der Waals surface area contributed by atoms with E-state index < -0.39 is 5.97 Å². The molecule has 0 spiro atoms. The molecule has 0 aliphatic heterocycles. The van der Waals surface area contributed by atoms with Gasteiger partial charge in [0.05, 0.1) is 18.2 Å². The Labute approximate surface area is 170 Å². The van der Waals surface area contributed by atoms with E-state index in [1.165, 1.54) is 0 Å². The minimum atomic E-state index is -0.408. The summed E-state index contributed by atoms with van der Waals surface area (Å²) in [5.74, 6) is -0.153. The molecule has 3 aromatic rings. The molecule has 0 radical (unpaired) electrons. The van der Waals surface area contributed by atoms with Crippen molar-refractivity contribution in [2.24, 2.45) is 5.10 Å². The molecule has 1 amide bonds. The maximum atomic E-state index is 12.1. The quantitative estimate of drug-likeness (QED) is 0.299. The molecule has 3 aromatic carbocycles. The van der Waals surface area contributed by atoms with Gasteiger partial charge in [0.15, 0.2) is 0 Å². The van der Waals surface area contributed by atoms with Gasteiger partial charge in [0.1, 0.15) is 5.75 Å². The monoisotopic (exact) mass is 386 g/mol. The number of nitrogens with zero attached hydrogens (tertiary/aromatic N) is 1. The molecule has 0 fully saturated rings. The van der Waals surface area contributed by atoms with E-state index >= 15 is 0 Å². The van der Waals surface area contributed by atoms with Gasteiger partial charge >= 0.3 is 5.97 Å². The van der Waals surface area contributed by atoms with Gasteiger partial charge in [-0.25, -0.2) is 10.2 Å². The zero-order valence-electron chi connectivity index (χ0n) is 16.4. The van der Waals surface area contributed by atoms with E-state index in [4.69, 9.17) is 4.74 Å². The van der Waals surface area contributed by atoms with E-state index in [0.29, 0.717) is 11.3 Å². The van der Waals surface area contributed by atoms with Crippen LogP contribution in [-0.4, -0.2) is 18.1 Å². The Morgan fingerprint density at radius 1 is 0.862 bits per heavy atom. The summed E-state index contributed by atoms with van der Waals surface area (Å²) in [4.78, 5) is 24.1. The van der Waals surface area contributed by atoms with Crippen LogP contribution in [0.2, 0.25) is 0 Å². The molecule has 0 heterocycles. The molecule has 0 aromatic heterocycles. The number of hydrogen-bond donors (Lipinski definition) is 1. The number of hydrogen-bond acceptors (Lipinski definition) is 4. The second-order valence-electron chi connectivity index (χ2n) is 6.78. The van der Waals surface area contributed by atoms with Crippen LogP contribution in [0.15, 0.2) is 77.9 Å². The predicted molar refractivity (Wildman–Crippen MR) is 113 cm³/mol. The maximum absolute atomic E-state index is 12.1. The number of carbonyl (C=O) groups excluding carboxylic acids is 2. The molecule has 5 nitrogen and oxygen atoms in total. The van der Waals surface area contributed by atoms with Crippen LogP contribution in [0.5, 0.6) is 5.75 Å². The van der Waals surface area contributed by atoms with Crippen molar-refractivity contribution in [3.63, 3.8) is 0 Å². The van der Waals surface area contributed by atoms with Gasteiger partial charge in [-0.15, -0.1) is 0 Å². The molecule has 146 valence electrons. The Balaban J connectivity index is 1.50. The normalized spacial score (nSPS) is 10.7. The van der Waals surface area contributed by atoms with Crippen molar-refractivity contribution in [3.05, 3.63) is 101 Å². The SMILES string of the molecule is Cc1ccc(CC(=O)N/N=C\c2ccc(OC(=O)c3ccc(C)cc3)cc2)cc1. The van der Waals surface area contributed by atoms with Gasteiger partial charge in [-0.3, -0.25) is 4.79 Å². The fourth-order valence-corrected chi connectivity index (χ4v) is 2.59. The lowest BCUT2D eigenvalue weighted by Gasteiger charge is -2.05. The molecule has 3 rings (SSSR count). The highest BCUT2D eigenvalue weighted by Gasteiger charge is 2.08. The first-order valence-corrected chi connectivity index (χ1v) is 9.26. The first-order chi connectivity index (χ1) is 14.0. The van der Waals surface area contributed by atoms with E-state index in [-0.39, 0.29) is 12.3 Å². The number of ether oxygens (including phenoxy) is 1. The number of esters is 1. The van der Waals surface area contributed by atoms with Crippen LogP contribution in [0, 0.1) is 13.8 Å². The molecule has 0 atom stereocenters. The second-order valence-corrected chi connectivity index (χ2v) is 6.78. The topological polar surface area (TPSA) is 67.8 Å². The van der Waals surface area contributed by atoms with Crippen LogP contribution in [0.4, 0.5) is 0 Å². The lowest BCUT2D eigenvalue weighted by Crippen LogP contribution is -2.19. The number of carbonyl (C=O) groups is 2. The van der Waals surface area contributed by atoms with Crippen molar-refractivity contribution in [2.45, 2.75) is 20.3 Å². The van der Waals surface area contributed by atoms with E-state index in [0.717, 1.165) is 22.3 Å². The summed E-state index contributed by atoms with van der Waals surface area (Å²) in [6.07, 6.45) is 1.81. The largest absolute Gasteiger partial charge is 0.423 e. The number of rotatable bonds is 6. The van der Waals surface area contributed by atoms with Gasteiger partial charge < -0.3 is 4.74 Å². The Morgan fingerprint density at radius 2 is 1.45 bits per heavy atom. The molecular weight excluding hydrogens is 364 g/mol. The van der Waals surface area contributed by atoms with Crippen LogP contribution >= 0.6 is 0 Å². The van der Waals surface area contributed by atoms with E-state index in [2.05, 4.69) is 10.5 Å². The van der Waals surface area contributed by atoms with Gasteiger partial charge in [0, 0.05) is 0 Å². The molecule has 0 bridgehead atoms. The highest BCUT2D eigenvalue weighted by Crippen LogP contribution is 2.14. The molecule has 0 saturated heterocycles. The number of aryl methyl sites for hydroxylation is 2. The minimum absolute atomic E-state index is 0.186. The minimum Gasteiger partial charge on any atom is -0.423 e. The van der Waals surface area contributed by atoms with E-state index in [1.54, 1.807) is 42.6 Å². The van der Waals surface area contributed by atoms with Gasteiger partial charge in [-0.05, 0) is 61.4 Å². The van der Waals surface area contributed by atoms with Gasteiger partial charge in [0.25, 0.3) is 0 Å². The lowest BCUT2D eigenvalue weighted by molar-refractivity contribution is -0.120. The zero-order valence-corrected chi connectivity index (χ0v) is 16.4. The van der Waals surface area contributed by atoms with Crippen LogP contribution in [0.3, 0.4) is 0 Å². The molecule has 1 N–H and O–H groups in total. The summed E-state index contributed by atoms with van der Waals surface area (Å²) in [6.45, 7) is 3.96. The Hall–Kier alpha value is -3.73. The fraction of sp³-hybridized carbons (Fsp3) is 0.125. The van der Waals surface area contributed by atoms with E-state index in [1.807, 2.05) is 50.2 Å². The van der Waals surface area contributed by atoms with Crippen molar-refractivity contribution in [2.75, 3.05) is 0 Å². The first-order valence-electron chi connectivity index (χ1n) is 9.26. The number of nitrogens with one attached hydrogen (secondary N) is 1. The first kappa shape index (κ1) is 20.0. The highest BCUT2D eigenvalue weighted by atomic mass is 16.5. The molecule has 29 heavy (non-hydrogen) atoms. The Kier molecular flexibility index (Phi) is 6.53. The molecule has 0 aliphatic rings. The third-order valence-electron chi connectivity index (χ3n) is 4.27. The fourth-order valence-electron chi connectivity index (χ4n) is 2.59. The van der Waals surface area contributed by atoms with Crippen molar-refractivity contribution >= 4 is 18.1 Å². The van der Waals surface area contributed by atoms with Crippen LogP contribution in [-0.2, 0) is 11.2 Å². The maximum Gasteiger partial charge on any atom is 0.343 e. The smallest absolute Gasteiger partial charge is 0.343 e. The van der Waals surface area contributed by atoms with Crippen molar-refractivity contribution < 1.29 is 14.3 Å². The molecular formula is C24H22N2O3. The van der Waals surface area contributed by atoms with Crippen LogP contribution in [0.25, 0.3) is 0 Å². The number of hydrazone groups is 1. The van der Waals surface area contributed by atoms with Gasteiger partial charge in [-0.1, -0.05) is 47.5 Å². The third kappa shape index (κ3) is 6.14. The summed E-state index contributed by atoms with van der Waals surface area (Å²) < 4.78 is 5.36. The molecule has 0 aliphatic carbocycles. The summed E-state index contributed by atoms with van der Waals surface area (Å²) in [5, 5.41) is 3.97. The number of benzene rings is 3. The van der Waals surface area contributed by atoms with Crippen LogP contribution in [0.1, 0.15) is 32.6 Å². The number of amides is 1. The predicted octanol–water partition coefficient (Wildman–Crippen LogP) is 4.22. The average Bonchev–Trinajstić information content (AvgIpc) is 2.71. The van der Waals surface area contributed by atoms with E-state index in [9.17, 15) is 9.59 Å². The summed E-state index contributed by atoms with van der Waals surface area (Å²) in [7, 11) is 0. The highest BCUT2D eigenvalue weighted by molar-refractivity contribution is 5.91. The average molecular weight is 386 g/mol. The van der Waals surface area contributed by atoms with Crippen molar-refractivity contribution in [1.29, 1.82) is 0 Å². The van der Waals surface area contributed by atoms with Crippen LogP contribution < -0.4 is 10.2 Å². The molecule has 5 heteroatoms. The van der Waals surface area contributed by atoms with Crippen molar-refractivity contribution in [3.8, 4) is 5.75 Å². The molecule has 0 saturated carbocycles. The van der Waals surface area contributed by atoms with Gasteiger partial charge in [0.2, 0.25) is 5.91 Å². The third-order valence-corrected chi connectivity index (χ3v) is 4.27. The summed E-state index contributed by atoms with van der Waals surface area (Å²) >= 11 is 0. The standard InChI is InChI=1S/C24H22N2O3/c1-17-3-7-19(8-4-17)15-23(27)26-25-16-20-9-13-22(14-10-20)29-24(28)21-11-5-18(2)6-12-21/h3-14,16H,15H2,1-2H3,(H,26,27)/b25-16-. The summed E-state index contributed by atoms with van der Waals surface area (Å²) in [5.41, 5.74) is 6.95. The Bertz CT molecular complexity index is 1010. The second kappa shape index (κ2) is 9.46. The van der Waals surface area contributed by atoms with Gasteiger partial charge in [-0.2, -0.15) is 5.10 Å². The Morgan fingerprint density at radius 3 is 2.07 bits per heavy atom. The molecule has 0 unspecified atom stereocenters. The van der Waals surface area contributed by atoms with Crippen molar-refractivity contribution in [1.82, 2.24) is 5.43 Å². The zero-order chi connectivity index (χ0) is 20.6. The summed E-state index contributed by atoms with van der Waals surface area (Å²) in [6, 6.07) is 21.9. The lowest BCUT2D eigenvalue weighted by atomic mass is 10.1.